The zero-order valence-electron chi connectivity index (χ0n) is 13.7. The number of ether oxygens (including phenoxy) is 1. The van der Waals surface area contributed by atoms with Gasteiger partial charge in [-0.25, -0.2) is 0 Å². The average Bonchev–Trinajstić information content (AvgIpc) is 2.34. The van der Waals surface area contributed by atoms with Crippen LogP contribution in [-0.4, -0.2) is 18.1 Å². The number of nitrogen functional groups attached to an aromatic ring is 1. The molecule has 1 heterocycles. The monoisotopic (exact) mass is 279 g/mol. The van der Waals surface area contributed by atoms with Crippen LogP contribution >= 0.6 is 0 Å². The highest BCUT2D eigenvalue weighted by atomic mass is 16.5. The van der Waals surface area contributed by atoms with Crippen molar-refractivity contribution in [3.63, 3.8) is 0 Å². The molecule has 114 valence electrons. The maximum atomic E-state index is 5.89. The Labute approximate surface area is 123 Å². The third kappa shape index (κ3) is 5.27. The molecule has 0 radical (unpaired) electrons. The van der Waals surface area contributed by atoms with Gasteiger partial charge in [0.1, 0.15) is 5.82 Å². The maximum absolute atomic E-state index is 5.89. The fraction of sp³-hybridized carbons (Fsp3) is 0.688. The zero-order valence-corrected chi connectivity index (χ0v) is 13.7. The summed E-state index contributed by atoms with van der Waals surface area (Å²) in [5, 5.41) is 3.36. The summed E-state index contributed by atoms with van der Waals surface area (Å²) in [4.78, 5) is 4.44. The van der Waals surface area contributed by atoms with Gasteiger partial charge in [-0.15, -0.1) is 0 Å². The van der Waals surface area contributed by atoms with E-state index in [4.69, 9.17) is 10.5 Å². The van der Waals surface area contributed by atoms with Gasteiger partial charge in [0.15, 0.2) is 0 Å². The molecule has 0 bridgehead atoms. The van der Waals surface area contributed by atoms with Crippen molar-refractivity contribution in [2.45, 2.75) is 41.5 Å². The van der Waals surface area contributed by atoms with Crippen LogP contribution in [0.15, 0.2) is 12.1 Å². The molecule has 0 spiro atoms. The summed E-state index contributed by atoms with van der Waals surface area (Å²) in [5.41, 5.74) is 6.74. The molecule has 1 aromatic heterocycles. The lowest BCUT2D eigenvalue weighted by atomic mass is 9.82. The Balaban J connectivity index is 2.65. The molecule has 0 amide bonds. The normalized spacial score (nSPS) is 13.3. The molecule has 0 aliphatic rings. The average molecular weight is 279 g/mol. The number of nitrogens with one attached hydrogen (secondary N) is 1. The number of hydrogen-bond acceptors (Lipinski definition) is 4. The summed E-state index contributed by atoms with van der Waals surface area (Å²) >= 11 is 0. The highest BCUT2D eigenvalue weighted by molar-refractivity contribution is 5.53. The molecular formula is C16H29N3O. The molecule has 3 N–H and O–H groups in total. The van der Waals surface area contributed by atoms with E-state index in [-0.39, 0.29) is 5.41 Å². The second kappa shape index (κ2) is 6.82. The molecule has 0 aliphatic carbocycles. The van der Waals surface area contributed by atoms with Crippen molar-refractivity contribution in [1.29, 1.82) is 0 Å². The fourth-order valence-corrected chi connectivity index (χ4v) is 1.47. The van der Waals surface area contributed by atoms with Crippen molar-refractivity contribution in [2.24, 2.45) is 17.3 Å². The third-order valence-electron chi connectivity index (χ3n) is 3.51. The molecule has 1 aromatic rings. The van der Waals surface area contributed by atoms with Gasteiger partial charge in [-0.3, -0.25) is 0 Å². The third-order valence-corrected chi connectivity index (χ3v) is 3.51. The summed E-state index contributed by atoms with van der Waals surface area (Å²) in [5.74, 6) is 2.33. The van der Waals surface area contributed by atoms with Crippen molar-refractivity contribution >= 4 is 11.5 Å². The van der Waals surface area contributed by atoms with Crippen molar-refractivity contribution in [2.75, 3.05) is 24.2 Å². The van der Waals surface area contributed by atoms with Gasteiger partial charge in [0.25, 0.3) is 0 Å². The van der Waals surface area contributed by atoms with Crippen molar-refractivity contribution < 1.29 is 4.74 Å². The van der Waals surface area contributed by atoms with E-state index < -0.39 is 0 Å². The molecule has 0 aliphatic heterocycles. The molecule has 0 saturated heterocycles. The molecule has 1 rings (SSSR count). The van der Waals surface area contributed by atoms with E-state index in [2.05, 4.69) is 51.8 Å². The van der Waals surface area contributed by atoms with Gasteiger partial charge in [-0.1, -0.05) is 41.5 Å². The second-order valence-corrected chi connectivity index (χ2v) is 6.94. The van der Waals surface area contributed by atoms with Gasteiger partial charge >= 0.3 is 0 Å². The van der Waals surface area contributed by atoms with E-state index in [0.29, 0.717) is 30.0 Å². The van der Waals surface area contributed by atoms with E-state index >= 15 is 0 Å². The Bertz CT molecular complexity index is 424. The number of aromatic nitrogens is 1. The number of anilines is 2. The molecule has 0 fully saturated rings. The number of nitrogens with two attached hydrogens (primary N) is 1. The molecule has 4 heteroatoms. The van der Waals surface area contributed by atoms with Crippen molar-refractivity contribution in [3.8, 4) is 5.88 Å². The lowest BCUT2D eigenvalue weighted by Gasteiger charge is -2.27. The molecule has 4 nitrogen and oxygen atoms in total. The minimum absolute atomic E-state index is 0.276. The number of pyridine rings is 1. The molecule has 20 heavy (non-hydrogen) atoms. The molecule has 0 aromatic carbocycles. The topological polar surface area (TPSA) is 60.2 Å². The second-order valence-electron chi connectivity index (χ2n) is 6.94. The van der Waals surface area contributed by atoms with Crippen LogP contribution < -0.4 is 15.8 Å². The maximum Gasteiger partial charge on any atom is 0.239 e. The SMILES string of the molecule is CC(C)COc1nc(NCC(C)C(C)(C)C)ccc1N. The van der Waals surface area contributed by atoms with Gasteiger partial charge in [-0.2, -0.15) is 4.98 Å². The predicted molar refractivity (Wildman–Crippen MR) is 86.1 cm³/mol. The van der Waals surface area contributed by atoms with Crippen LogP contribution in [0.1, 0.15) is 41.5 Å². The fourth-order valence-electron chi connectivity index (χ4n) is 1.47. The van der Waals surface area contributed by atoms with E-state index in [1.807, 2.05) is 12.1 Å². The molecule has 1 atom stereocenters. The Morgan fingerprint density at radius 1 is 1.25 bits per heavy atom. The molecule has 0 saturated carbocycles. The predicted octanol–water partition coefficient (Wildman–Crippen LogP) is 3.79. The van der Waals surface area contributed by atoms with Gasteiger partial charge in [0.05, 0.1) is 12.3 Å². The van der Waals surface area contributed by atoms with Crippen molar-refractivity contribution in [1.82, 2.24) is 4.98 Å². The summed E-state index contributed by atoms with van der Waals surface area (Å²) in [6, 6.07) is 3.74. The summed E-state index contributed by atoms with van der Waals surface area (Å²) < 4.78 is 5.64. The minimum atomic E-state index is 0.276. The van der Waals surface area contributed by atoms with Gasteiger partial charge in [0.2, 0.25) is 5.88 Å². The smallest absolute Gasteiger partial charge is 0.239 e. The van der Waals surface area contributed by atoms with Gasteiger partial charge < -0.3 is 15.8 Å². The van der Waals surface area contributed by atoms with Crippen LogP contribution in [-0.2, 0) is 0 Å². The Hall–Kier alpha value is -1.45. The van der Waals surface area contributed by atoms with Gasteiger partial charge in [0, 0.05) is 6.54 Å². The van der Waals surface area contributed by atoms with Crippen LogP contribution in [0.4, 0.5) is 11.5 Å². The summed E-state index contributed by atoms with van der Waals surface area (Å²) in [7, 11) is 0. The van der Waals surface area contributed by atoms with E-state index in [1.165, 1.54) is 0 Å². The van der Waals surface area contributed by atoms with Crippen LogP contribution in [0.3, 0.4) is 0 Å². The zero-order chi connectivity index (χ0) is 15.3. The summed E-state index contributed by atoms with van der Waals surface area (Å²) in [6.45, 7) is 14.7. The van der Waals surface area contributed by atoms with Crippen LogP contribution in [0.2, 0.25) is 0 Å². The van der Waals surface area contributed by atoms with Crippen molar-refractivity contribution in [3.05, 3.63) is 12.1 Å². The first-order valence-corrected chi connectivity index (χ1v) is 7.33. The Morgan fingerprint density at radius 2 is 1.90 bits per heavy atom. The van der Waals surface area contributed by atoms with E-state index in [1.54, 1.807) is 0 Å². The first-order chi connectivity index (χ1) is 9.20. The van der Waals surface area contributed by atoms with Crippen LogP contribution in [0.5, 0.6) is 5.88 Å². The minimum Gasteiger partial charge on any atom is -0.476 e. The first-order valence-electron chi connectivity index (χ1n) is 7.33. The van der Waals surface area contributed by atoms with E-state index in [0.717, 1.165) is 12.4 Å². The lowest BCUT2D eigenvalue weighted by molar-refractivity contribution is 0.262. The van der Waals surface area contributed by atoms with Crippen LogP contribution in [0.25, 0.3) is 0 Å². The number of hydrogen-bond donors (Lipinski definition) is 2. The molecular weight excluding hydrogens is 250 g/mol. The summed E-state index contributed by atoms with van der Waals surface area (Å²) in [6.07, 6.45) is 0. The number of rotatable bonds is 6. The highest BCUT2D eigenvalue weighted by Crippen LogP contribution is 2.26. The van der Waals surface area contributed by atoms with E-state index in [9.17, 15) is 0 Å². The standard InChI is InChI=1S/C16H29N3O/c1-11(2)10-20-15-13(17)7-8-14(19-15)18-9-12(3)16(4,5)6/h7-8,11-12H,9-10,17H2,1-6H3,(H,18,19). The molecule has 1 unspecified atom stereocenters. The number of nitrogens with zero attached hydrogens (tertiary/aromatic N) is 1. The van der Waals surface area contributed by atoms with Gasteiger partial charge in [-0.05, 0) is 29.4 Å². The lowest BCUT2D eigenvalue weighted by Crippen LogP contribution is -2.25. The Kier molecular flexibility index (Phi) is 5.66. The first kappa shape index (κ1) is 16.6. The van der Waals surface area contributed by atoms with Crippen LogP contribution in [0, 0.1) is 17.3 Å². The largest absolute Gasteiger partial charge is 0.476 e. The quantitative estimate of drug-likeness (QED) is 0.831. The Morgan fingerprint density at radius 3 is 2.45 bits per heavy atom. The highest BCUT2D eigenvalue weighted by Gasteiger charge is 2.19.